The SMILES string of the molecule is Cc1cccc(NC(=O)CCN2C(=S)NC(c3ccccn3)C2c2cccn2-c2ccncc2)c1. The van der Waals surface area contributed by atoms with Gasteiger partial charge < -0.3 is 20.1 Å². The average molecular weight is 483 g/mol. The van der Waals surface area contributed by atoms with Crippen LogP contribution in [0.25, 0.3) is 5.69 Å². The number of pyridine rings is 2. The van der Waals surface area contributed by atoms with Crippen molar-refractivity contribution in [3.63, 3.8) is 0 Å². The standard InChI is InChI=1S/C27H26N6OS/c1-19-6-4-7-20(18-19)30-24(34)12-17-33-26(25(31-27(33)35)22-8-2-3-13-29-22)23-9-5-16-32(23)21-10-14-28-15-11-21/h2-11,13-16,18,25-26H,12,17H2,1H3,(H,30,34)(H,31,35). The molecule has 1 fully saturated rings. The lowest BCUT2D eigenvalue weighted by atomic mass is 10.0. The molecule has 3 aromatic heterocycles. The molecule has 7 nitrogen and oxygen atoms in total. The minimum Gasteiger partial charge on any atom is -0.352 e. The Morgan fingerprint density at radius 2 is 1.91 bits per heavy atom. The minimum absolute atomic E-state index is 0.0528. The van der Waals surface area contributed by atoms with Crippen LogP contribution in [-0.2, 0) is 4.79 Å². The van der Waals surface area contributed by atoms with E-state index in [-0.39, 0.29) is 18.0 Å². The highest BCUT2D eigenvalue weighted by molar-refractivity contribution is 7.80. The van der Waals surface area contributed by atoms with Gasteiger partial charge >= 0.3 is 0 Å². The van der Waals surface area contributed by atoms with Crippen molar-refractivity contribution in [3.05, 3.63) is 108 Å². The Bertz CT molecular complexity index is 1320. The second-order valence-corrected chi connectivity index (χ2v) is 8.88. The van der Waals surface area contributed by atoms with Gasteiger partial charge in [0.1, 0.15) is 0 Å². The molecule has 0 aliphatic carbocycles. The number of hydrogen-bond donors (Lipinski definition) is 2. The summed E-state index contributed by atoms with van der Waals surface area (Å²) in [4.78, 5) is 23.6. The molecule has 0 saturated carbocycles. The summed E-state index contributed by atoms with van der Waals surface area (Å²) >= 11 is 5.76. The van der Waals surface area contributed by atoms with Gasteiger partial charge in [0.15, 0.2) is 5.11 Å². The second kappa shape index (κ2) is 10.1. The summed E-state index contributed by atoms with van der Waals surface area (Å²) in [6.07, 6.45) is 7.68. The first-order valence-corrected chi connectivity index (χ1v) is 11.9. The molecule has 1 aromatic carbocycles. The molecule has 176 valence electrons. The molecule has 1 aliphatic heterocycles. The van der Waals surface area contributed by atoms with Gasteiger partial charge in [0.05, 0.1) is 17.8 Å². The zero-order chi connectivity index (χ0) is 24.2. The van der Waals surface area contributed by atoms with Crippen LogP contribution in [0.15, 0.2) is 91.5 Å². The maximum atomic E-state index is 12.8. The molecule has 0 radical (unpaired) electrons. The van der Waals surface area contributed by atoms with Crippen molar-refractivity contribution in [1.29, 1.82) is 0 Å². The zero-order valence-corrected chi connectivity index (χ0v) is 20.2. The zero-order valence-electron chi connectivity index (χ0n) is 19.3. The minimum atomic E-state index is -0.154. The number of benzene rings is 1. The fourth-order valence-corrected chi connectivity index (χ4v) is 4.84. The number of carbonyl (C=O) groups is 1. The van der Waals surface area contributed by atoms with E-state index < -0.39 is 0 Å². The van der Waals surface area contributed by atoms with Gasteiger partial charge in [-0.15, -0.1) is 0 Å². The molecule has 1 aliphatic rings. The van der Waals surface area contributed by atoms with Crippen LogP contribution >= 0.6 is 12.2 Å². The first-order valence-electron chi connectivity index (χ1n) is 11.5. The summed E-state index contributed by atoms with van der Waals surface area (Å²) in [7, 11) is 0. The molecule has 8 heteroatoms. The van der Waals surface area contributed by atoms with Gasteiger partial charge in [-0.3, -0.25) is 14.8 Å². The van der Waals surface area contributed by atoms with Gasteiger partial charge in [-0.25, -0.2) is 0 Å². The third-order valence-corrected chi connectivity index (χ3v) is 6.46. The van der Waals surface area contributed by atoms with Gasteiger partial charge in [0.2, 0.25) is 5.91 Å². The third-order valence-electron chi connectivity index (χ3n) is 6.10. The highest BCUT2D eigenvalue weighted by Crippen LogP contribution is 2.39. The Morgan fingerprint density at radius 1 is 1.06 bits per heavy atom. The van der Waals surface area contributed by atoms with Crippen molar-refractivity contribution in [1.82, 2.24) is 24.8 Å². The van der Waals surface area contributed by atoms with E-state index in [1.54, 1.807) is 18.6 Å². The van der Waals surface area contributed by atoms with Crippen molar-refractivity contribution in [2.45, 2.75) is 25.4 Å². The lowest BCUT2D eigenvalue weighted by Crippen LogP contribution is -2.33. The molecular formula is C27H26N6OS. The number of carbonyl (C=O) groups excluding carboxylic acids is 1. The van der Waals surface area contributed by atoms with E-state index in [0.29, 0.717) is 18.1 Å². The lowest BCUT2D eigenvalue weighted by molar-refractivity contribution is -0.116. The van der Waals surface area contributed by atoms with Crippen LogP contribution in [0.5, 0.6) is 0 Å². The maximum absolute atomic E-state index is 12.8. The Morgan fingerprint density at radius 3 is 2.69 bits per heavy atom. The molecule has 2 atom stereocenters. The third kappa shape index (κ3) is 4.93. The number of aromatic nitrogens is 3. The van der Waals surface area contributed by atoms with Crippen LogP contribution in [0.4, 0.5) is 5.69 Å². The van der Waals surface area contributed by atoms with E-state index in [1.807, 2.05) is 73.8 Å². The molecule has 1 amide bonds. The van der Waals surface area contributed by atoms with Crippen molar-refractivity contribution in [3.8, 4) is 5.69 Å². The van der Waals surface area contributed by atoms with Gasteiger partial charge in [-0.2, -0.15) is 0 Å². The van der Waals surface area contributed by atoms with Crippen LogP contribution in [0.2, 0.25) is 0 Å². The van der Waals surface area contributed by atoms with E-state index in [9.17, 15) is 4.79 Å². The Kier molecular flexibility index (Phi) is 6.54. The average Bonchev–Trinajstić information content (AvgIpc) is 3.48. The summed E-state index contributed by atoms with van der Waals surface area (Å²) in [5, 5.41) is 7.06. The molecule has 5 rings (SSSR count). The number of anilines is 1. The lowest BCUT2D eigenvalue weighted by Gasteiger charge is -2.28. The maximum Gasteiger partial charge on any atom is 0.226 e. The van der Waals surface area contributed by atoms with Crippen LogP contribution in [0.3, 0.4) is 0 Å². The van der Waals surface area contributed by atoms with E-state index in [0.717, 1.165) is 28.3 Å². The second-order valence-electron chi connectivity index (χ2n) is 8.50. The Balaban J connectivity index is 1.43. The molecule has 0 spiro atoms. The molecule has 1 saturated heterocycles. The number of aryl methyl sites for hydroxylation is 1. The topological polar surface area (TPSA) is 75.1 Å². The van der Waals surface area contributed by atoms with Crippen molar-refractivity contribution < 1.29 is 4.79 Å². The smallest absolute Gasteiger partial charge is 0.226 e. The van der Waals surface area contributed by atoms with E-state index >= 15 is 0 Å². The molecular weight excluding hydrogens is 456 g/mol. The summed E-state index contributed by atoms with van der Waals surface area (Å²) in [5.74, 6) is -0.0528. The highest BCUT2D eigenvalue weighted by atomic mass is 32.1. The number of nitrogens with zero attached hydrogens (tertiary/aromatic N) is 4. The number of nitrogens with one attached hydrogen (secondary N) is 2. The molecule has 35 heavy (non-hydrogen) atoms. The Labute approximate surface area is 209 Å². The normalized spacial score (nSPS) is 17.3. The molecule has 0 bridgehead atoms. The summed E-state index contributed by atoms with van der Waals surface area (Å²) in [6.45, 7) is 2.48. The highest BCUT2D eigenvalue weighted by Gasteiger charge is 2.41. The molecule has 4 aromatic rings. The van der Waals surface area contributed by atoms with E-state index in [2.05, 4.69) is 36.1 Å². The number of rotatable bonds is 7. The summed E-state index contributed by atoms with van der Waals surface area (Å²) < 4.78 is 2.14. The molecule has 2 unspecified atom stereocenters. The summed E-state index contributed by atoms with van der Waals surface area (Å²) in [5.41, 5.74) is 4.86. The van der Waals surface area contributed by atoms with Crippen LogP contribution in [0, 0.1) is 6.92 Å². The first kappa shape index (κ1) is 22.7. The first-order chi connectivity index (χ1) is 17.1. The van der Waals surface area contributed by atoms with Gasteiger partial charge in [0.25, 0.3) is 0 Å². The largest absolute Gasteiger partial charge is 0.352 e. The monoisotopic (exact) mass is 482 g/mol. The number of thiocarbonyl (C=S) groups is 1. The van der Waals surface area contributed by atoms with Gasteiger partial charge in [-0.05, 0) is 73.2 Å². The fourth-order valence-electron chi connectivity index (χ4n) is 4.51. The van der Waals surface area contributed by atoms with E-state index in [4.69, 9.17) is 12.2 Å². The summed E-state index contributed by atoms with van der Waals surface area (Å²) in [6, 6.07) is 21.4. The quantitative estimate of drug-likeness (QED) is 0.376. The predicted molar refractivity (Wildman–Crippen MR) is 140 cm³/mol. The van der Waals surface area contributed by atoms with Crippen LogP contribution in [-0.4, -0.2) is 37.0 Å². The van der Waals surface area contributed by atoms with Crippen LogP contribution in [0.1, 0.15) is 35.5 Å². The molecule has 2 N–H and O–H groups in total. The van der Waals surface area contributed by atoms with Crippen LogP contribution < -0.4 is 10.6 Å². The Hall–Kier alpha value is -4.04. The molecule has 4 heterocycles. The number of amides is 1. The van der Waals surface area contributed by atoms with Gasteiger partial charge in [0, 0.05) is 54.8 Å². The van der Waals surface area contributed by atoms with Crippen molar-refractivity contribution in [2.75, 3.05) is 11.9 Å². The van der Waals surface area contributed by atoms with Gasteiger partial charge in [-0.1, -0.05) is 18.2 Å². The van der Waals surface area contributed by atoms with E-state index in [1.165, 1.54) is 0 Å². The predicted octanol–water partition coefficient (Wildman–Crippen LogP) is 4.58. The van der Waals surface area contributed by atoms with Crippen molar-refractivity contribution in [2.24, 2.45) is 0 Å². The van der Waals surface area contributed by atoms with Crippen molar-refractivity contribution >= 4 is 28.9 Å². The fraction of sp³-hybridized carbons (Fsp3) is 0.185. The number of hydrogen-bond acceptors (Lipinski definition) is 4.